The zero-order valence-corrected chi connectivity index (χ0v) is 6.94. The van der Waals surface area contributed by atoms with Gasteiger partial charge in [-0.05, 0) is 0 Å². The van der Waals surface area contributed by atoms with E-state index in [4.69, 9.17) is 0 Å². The number of hydrogen-bond donors (Lipinski definition) is 1. The predicted molar refractivity (Wildman–Crippen MR) is 46.7 cm³/mol. The Morgan fingerprint density at radius 2 is 2.38 bits per heavy atom. The fourth-order valence-electron chi connectivity index (χ4n) is 1.20. The predicted octanol–water partition coefficient (Wildman–Crippen LogP) is 0.385. The number of carbonyl (C=O) groups is 1. The van der Waals surface area contributed by atoms with Crippen molar-refractivity contribution in [1.29, 1.82) is 0 Å². The largest absolute Gasteiger partial charge is 0.327 e. The number of fused-ring (bicyclic) bond motifs is 1. The third-order valence-electron chi connectivity index (χ3n) is 1.77. The smallest absolute Gasteiger partial charge is 0.248 e. The van der Waals surface area contributed by atoms with Gasteiger partial charge in [-0.1, -0.05) is 0 Å². The maximum Gasteiger partial charge on any atom is 0.248 e. The Bertz CT molecular complexity index is 523. The van der Waals surface area contributed by atoms with E-state index in [-0.39, 0.29) is 11.5 Å². The van der Waals surface area contributed by atoms with E-state index in [1.54, 1.807) is 0 Å². The van der Waals surface area contributed by atoms with Crippen LogP contribution in [0.25, 0.3) is 10.9 Å². The second-order valence-corrected chi connectivity index (χ2v) is 2.71. The molecule has 5 heteroatoms. The lowest BCUT2D eigenvalue weighted by atomic mass is 10.3. The molecule has 0 aliphatic carbocycles. The van der Waals surface area contributed by atoms with Crippen LogP contribution in [-0.2, 0) is 0 Å². The van der Waals surface area contributed by atoms with E-state index in [2.05, 4.69) is 10.1 Å². The van der Waals surface area contributed by atoms with Gasteiger partial charge < -0.3 is 4.98 Å². The van der Waals surface area contributed by atoms with Crippen LogP contribution in [0.5, 0.6) is 0 Å². The van der Waals surface area contributed by atoms with E-state index in [0.29, 0.717) is 10.9 Å². The lowest BCUT2D eigenvalue weighted by Crippen LogP contribution is -2.08. The maximum atomic E-state index is 11.0. The van der Waals surface area contributed by atoms with Crippen molar-refractivity contribution in [1.82, 2.24) is 14.8 Å². The summed E-state index contributed by atoms with van der Waals surface area (Å²) in [6.07, 6.45) is 2.97. The molecule has 66 valence electrons. The van der Waals surface area contributed by atoms with Crippen LogP contribution in [0.15, 0.2) is 23.3 Å². The summed E-state index contributed by atoms with van der Waals surface area (Å²) < 4.78 is 1.24. The van der Waals surface area contributed by atoms with Crippen LogP contribution >= 0.6 is 0 Å². The third kappa shape index (κ3) is 1.14. The molecule has 0 aliphatic heterocycles. The average molecular weight is 177 g/mol. The Labute approximate surface area is 73.0 Å². The molecule has 2 heterocycles. The molecular formula is C8H7N3O2. The van der Waals surface area contributed by atoms with Crippen LogP contribution in [0, 0.1) is 0 Å². The topological polar surface area (TPSA) is 67.8 Å². The Morgan fingerprint density at radius 1 is 1.62 bits per heavy atom. The normalized spacial score (nSPS) is 10.5. The molecule has 0 radical (unpaired) electrons. The second-order valence-electron chi connectivity index (χ2n) is 2.71. The Kier molecular flexibility index (Phi) is 1.51. The van der Waals surface area contributed by atoms with Crippen LogP contribution in [0.3, 0.4) is 0 Å². The van der Waals surface area contributed by atoms with E-state index in [9.17, 15) is 9.59 Å². The lowest BCUT2D eigenvalue weighted by Gasteiger charge is -1.94. The molecule has 2 rings (SSSR count). The number of hydrogen-bond acceptors (Lipinski definition) is 3. The van der Waals surface area contributed by atoms with Gasteiger partial charge in [0.05, 0.1) is 11.7 Å². The third-order valence-corrected chi connectivity index (χ3v) is 1.77. The summed E-state index contributed by atoms with van der Waals surface area (Å²) in [7, 11) is 0. The average Bonchev–Trinajstić information content (AvgIpc) is 2.46. The molecule has 0 bridgehead atoms. The first-order valence-corrected chi connectivity index (χ1v) is 3.76. The standard InChI is InChI=1S/C8H7N3O2/c1-5(12)11-7-4-9-8(13)2-6(7)3-10-11/h2-4H,1H3,(H,9,13). The number of nitrogens with one attached hydrogen (secondary N) is 1. The van der Waals surface area contributed by atoms with Gasteiger partial charge in [0.2, 0.25) is 11.5 Å². The number of nitrogens with zero attached hydrogens (tertiary/aromatic N) is 2. The summed E-state index contributed by atoms with van der Waals surface area (Å²) in [5.74, 6) is -0.179. The summed E-state index contributed by atoms with van der Waals surface area (Å²) >= 11 is 0. The van der Waals surface area contributed by atoms with Crippen molar-refractivity contribution in [3.8, 4) is 0 Å². The van der Waals surface area contributed by atoms with Crippen molar-refractivity contribution in [2.45, 2.75) is 6.92 Å². The molecule has 0 atom stereocenters. The van der Waals surface area contributed by atoms with Crippen molar-refractivity contribution < 1.29 is 4.79 Å². The molecule has 0 fully saturated rings. The molecule has 0 unspecified atom stereocenters. The number of aromatic nitrogens is 3. The highest BCUT2D eigenvalue weighted by Gasteiger charge is 2.05. The quantitative estimate of drug-likeness (QED) is 0.632. The highest BCUT2D eigenvalue weighted by molar-refractivity contribution is 5.88. The van der Waals surface area contributed by atoms with Gasteiger partial charge >= 0.3 is 0 Å². The monoisotopic (exact) mass is 177 g/mol. The zero-order chi connectivity index (χ0) is 9.42. The lowest BCUT2D eigenvalue weighted by molar-refractivity contribution is 0.0926. The van der Waals surface area contributed by atoms with Crippen molar-refractivity contribution in [3.63, 3.8) is 0 Å². The fourth-order valence-corrected chi connectivity index (χ4v) is 1.20. The van der Waals surface area contributed by atoms with Gasteiger partial charge in [0.25, 0.3) is 0 Å². The molecular weight excluding hydrogens is 170 g/mol. The highest BCUT2D eigenvalue weighted by atomic mass is 16.2. The molecule has 2 aromatic rings. The summed E-state index contributed by atoms with van der Waals surface area (Å²) in [6.45, 7) is 1.41. The van der Waals surface area contributed by atoms with Gasteiger partial charge in [0.1, 0.15) is 0 Å². The minimum Gasteiger partial charge on any atom is -0.327 e. The van der Waals surface area contributed by atoms with Crippen molar-refractivity contribution in [3.05, 3.63) is 28.8 Å². The molecule has 0 saturated carbocycles. The number of aromatic amines is 1. The first kappa shape index (κ1) is 7.72. The summed E-state index contributed by atoms with van der Waals surface area (Å²) in [5, 5.41) is 4.51. The van der Waals surface area contributed by atoms with Gasteiger partial charge in [-0.25, -0.2) is 0 Å². The molecule has 0 aliphatic rings. The minimum atomic E-state index is -0.199. The van der Waals surface area contributed by atoms with E-state index in [1.807, 2.05) is 0 Å². The summed E-state index contributed by atoms with van der Waals surface area (Å²) in [5.41, 5.74) is 0.419. The molecule has 0 saturated heterocycles. The van der Waals surface area contributed by atoms with Crippen LogP contribution in [0.1, 0.15) is 11.7 Å². The zero-order valence-electron chi connectivity index (χ0n) is 6.94. The summed E-state index contributed by atoms with van der Waals surface area (Å²) in [4.78, 5) is 24.4. The van der Waals surface area contributed by atoms with Crippen LogP contribution in [0.2, 0.25) is 0 Å². The molecule has 2 aromatic heterocycles. The van der Waals surface area contributed by atoms with Gasteiger partial charge in [-0.15, -0.1) is 0 Å². The van der Waals surface area contributed by atoms with E-state index in [1.165, 1.54) is 30.1 Å². The number of rotatable bonds is 0. The molecule has 5 nitrogen and oxygen atoms in total. The number of H-pyrrole nitrogens is 1. The van der Waals surface area contributed by atoms with E-state index >= 15 is 0 Å². The highest BCUT2D eigenvalue weighted by Crippen LogP contribution is 2.08. The van der Waals surface area contributed by atoms with Crippen molar-refractivity contribution in [2.24, 2.45) is 0 Å². The van der Waals surface area contributed by atoms with Crippen LogP contribution < -0.4 is 5.56 Å². The van der Waals surface area contributed by atoms with Gasteiger partial charge in [0.15, 0.2) is 0 Å². The van der Waals surface area contributed by atoms with Crippen molar-refractivity contribution in [2.75, 3.05) is 0 Å². The van der Waals surface area contributed by atoms with Crippen molar-refractivity contribution >= 4 is 16.8 Å². The van der Waals surface area contributed by atoms with E-state index in [0.717, 1.165) is 0 Å². The molecule has 0 spiro atoms. The summed E-state index contributed by atoms with van der Waals surface area (Å²) in [6, 6.07) is 1.40. The Morgan fingerprint density at radius 3 is 3.08 bits per heavy atom. The molecule has 0 aromatic carbocycles. The SMILES string of the molecule is CC(=O)n1ncc2cc(=O)[nH]cc21. The first-order valence-electron chi connectivity index (χ1n) is 3.76. The van der Waals surface area contributed by atoms with Crippen LogP contribution in [-0.4, -0.2) is 20.7 Å². The van der Waals surface area contributed by atoms with Gasteiger partial charge in [0, 0.05) is 24.6 Å². The minimum absolute atomic E-state index is 0.179. The van der Waals surface area contributed by atoms with Gasteiger partial charge in [-0.2, -0.15) is 9.78 Å². The maximum absolute atomic E-state index is 11.0. The molecule has 0 amide bonds. The van der Waals surface area contributed by atoms with Gasteiger partial charge in [-0.3, -0.25) is 9.59 Å². The van der Waals surface area contributed by atoms with E-state index < -0.39 is 0 Å². The fraction of sp³-hybridized carbons (Fsp3) is 0.125. The second kappa shape index (κ2) is 2.55. The first-order chi connectivity index (χ1) is 6.18. The molecule has 13 heavy (non-hydrogen) atoms. The van der Waals surface area contributed by atoms with Crippen LogP contribution in [0.4, 0.5) is 0 Å². The molecule has 1 N–H and O–H groups in total. The Hall–Kier alpha value is -1.91. The Balaban J connectivity index is 2.83. The number of pyridine rings is 1. The number of carbonyl (C=O) groups excluding carboxylic acids is 1.